The van der Waals surface area contributed by atoms with Gasteiger partial charge in [-0.05, 0) is 34.9 Å². The summed E-state index contributed by atoms with van der Waals surface area (Å²) in [6, 6.07) is 22.0. The van der Waals surface area contributed by atoms with E-state index >= 15 is 0 Å². The van der Waals surface area contributed by atoms with Crippen LogP contribution in [-0.4, -0.2) is 4.92 Å². The van der Waals surface area contributed by atoms with Gasteiger partial charge in [-0.1, -0.05) is 48.5 Å². The normalized spacial score (nSPS) is 10.4. The third-order valence-corrected chi connectivity index (χ3v) is 3.52. The van der Waals surface area contributed by atoms with Crippen LogP contribution in [0.15, 0.2) is 72.8 Å². The van der Waals surface area contributed by atoms with Crippen molar-refractivity contribution in [2.45, 2.75) is 0 Å². The summed E-state index contributed by atoms with van der Waals surface area (Å²) < 4.78 is 0. The lowest BCUT2D eigenvalue weighted by atomic mass is 9.98. The maximum atomic E-state index is 11.4. The van der Waals surface area contributed by atoms with Gasteiger partial charge < -0.3 is 5.73 Å². The topological polar surface area (TPSA) is 69.2 Å². The number of nitrogen functional groups attached to an aromatic ring is 1. The number of nitrogens with zero attached hydrogens (tertiary/aromatic N) is 1. The molecule has 108 valence electrons. The van der Waals surface area contributed by atoms with Crippen LogP contribution in [0.25, 0.3) is 22.3 Å². The highest BCUT2D eigenvalue weighted by Crippen LogP contribution is 2.34. The van der Waals surface area contributed by atoms with Crippen molar-refractivity contribution in [3.05, 3.63) is 82.9 Å². The zero-order valence-electron chi connectivity index (χ0n) is 11.8. The van der Waals surface area contributed by atoms with Crippen molar-refractivity contribution in [3.63, 3.8) is 0 Å². The van der Waals surface area contributed by atoms with E-state index in [1.807, 2.05) is 36.4 Å². The quantitative estimate of drug-likeness (QED) is 0.438. The van der Waals surface area contributed by atoms with Crippen LogP contribution in [0.1, 0.15) is 0 Å². The van der Waals surface area contributed by atoms with E-state index in [4.69, 9.17) is 5.73 Å². The fourth-order valence-electron chi connectivity index (χ4n) is 2.40. The number of hydrogen-bond donors (Lipinski definition) is 1. The van der Waals surface area contributed by atoms with Gasteiger partial charge in [0.1, 0.15) is 0 Å². The van der Waals surface area contributed by atoms with Crippen LogP contribution in [-0.2, 0) is 0 Å². The predicted octanol–water partition coefficient (Wildman–Crippen LogP) is 4.51. The van der Waals surface area contributed by atoms with Crippen LogP contribution in [0.3, 0.4) is 0 Å². The Kier molecular flexibility index (Phi) is 3.58. The van der Waals surface area contributed by atoms with Gasteiger partial charge in [-0.3, -0.25) is 10.1 Å². The molecule has 0 saturated heterocycles. The average Bonchev–Trinajstić information content (AvgIpc) is 2.56. The van der Waals surface area contributed by atoms with Crippen LogP contribution < -0.4 is 5.73 Å². The molecule has 4 nitrogen and oxygen atoms in total. The molecule has 0 aliphatic rings. The SMILES string of the molecule is Nc1ccc(-c2ccc(-c3ccccc3)cc2[N+](=O)[O-])cc1. The number of nitro groups is 1. The first-order valence-electron chi connectivity index (χ1n) is 6.85. The molecule has 0 fully saturated rings. The van der Waals surface area contributed by atoms with Gasteiger partial charge in [0.05, 0.1) is 10.5 Å². The lowest BCUT2D eigenvalue weighted by molar-refractivity contribution is -0.384. The predicted molar refractivity (Wildman–Crippen MR) is 88.4 cm³/mol. The third-order valence-electron chi connectivity index (χ3n) is 3.52. The van der Waals surface area contributed by atoms with E-state index in [-0.39, 0.29) is 10.6 Å². The van der Waals surface area contributed by atoms with Gasteiger partial charge in [-0.2, -0.15) is 0 Å². The van der Waals surface area contributed by atoms with Gasteiger partial charge in [0.25, 0.3) is 5.69 Å². The Morgan fingerprint density at radius 1 is 0.773 bits per heavy atom. The minimum atomic E-state index is -0.349. The molecule has 0 spiro atoms. The molecule has 0 heterocycles. The zero-order chi connectivity index (χ0) is 15.5. The summed E-state index contributed by atoms with van der Waals surface area (Å²) in [6.45, 7) is 0. The lowest BCUT2D eigenvalue weighted by Gasteiger charge is -2.07. The fraction of sp³-hybridized carbons (Fsp3) is 0. The van der Waals surface area contributed by atoms with Crippen LogP contribution >= 0.6 is 0 Å². The largest absolute Gasteiger partial charge is 0.399 e. The molecular formula is C18H14N2O2. The summed E-state index contributed by atoms with van der Waals surface area (Å²) in [5, 5.41) is 11.4. The second-order valence-corrected chi connectivity index (χ2v) is 4.98. The van der Waals surface area contributed by atoms with Gasteiger partial charge in [0.2, 0.25) is 0 Å². The molecule has 22 heavy (non-hydrogen) atoms. The first-order chi connectivity index (χ1) is 10.6. The van der Waals surface area contributed by atoms with E-state index in [0.29, 0.717) is 11.3 Å². The number of nitrogens with two attached hydrogens (primary N) is 1. The minimum absolute atomic E-state index is 0.0890. The van der Waals surface area contributed by atoms with Crippen molar-refractivity contribution in [3.8, 4) is 22.3 Å². The Balaban J connectivity index is 2.12. The van der Waals surface area contributed by atoms with E-state index in [0.717, 1.165) is 16.7 Å². The molecule has 0 aliphatic carbocycles. The van der Waals surface area contributed by atoms with Gasteiger partial charge in [0, 0.05) is 11.8 Å². The van der Waals surface area contributed by atoms with Crippen molar-refractivity contribution in [2.75, 3.05) is 5.73 Å². The standard InChI is InChI=1S/C18H14N2O2/c19-16-9-6-14(7-10-16)17-11-8-15(12-18(17)20(21)22)13-4-2-1-3-5-13/h1-12H,19H2. The van der Waals surface area contributed by atoms with Crippen LogP contribution in [0.2, 0.25) is 0 Å². The summed E-state index contributed by atoms with van der Waals surface area (Å²) in [6.07, 6.45) is 0. The summed E-state index contributed by atoms with van der Waals surface area (Å²) in [5.74, 6) is 0. The highest BCUT2D eigenvalue weighted by Gasteiger charge is 2.16. The number of benzene rings is 3. The maximum Gasteiger partial charge on any atom is 0.277 e. The lowest BCUT2D eigenvalue weighted by Crippen LogP contribution is -1.93. The Labute approximate surface area is 128 Å². The molecule has 0 amide bonds. The number of rotatable bonds is 3. The van der Waals surface area contributed by atoms with Crippen LogP contribution in [0.5, 0.6) is 0 Å². The van der Waals surface area contributed by atoms with Gasteiger partial charge >= 0.3 is 0 Å². The number of nitro benzene ring substituents is 1. The molecular weight excluding hydrogens is 276 g/mol. The summed E-state index contributed by atoms with van der Waals surface area (Å²) in [5.41, 5.74) is 9.53. The summed E-state index contributed by atoms with van der Waals surface area (Å²) in [7, 11) is 0. The van der Waals surface area contributed by atoms with Gasteiger partial charge in [-0.25, -0.2) is 0 Å². The first-order valence-corrected chi connectivity index (χ1v) is 6.85. The smallest absolute Gasteiger partial charge is 0.277 e. The molecule has 2 N–H and O–H groups in total. The Hall–Kier alpha value is -3.14. The van der Waals surface area contributed by atoms with Crippen molar-refractivity contribution >= 4 is 11.4 Å². The van der Waals surface area contributed by atoms with Crippen molar-refractivity contribution in [1.82, 2.24) is 0 Å². The maximum absolute atomic E-state index is 11.4. The molecule has 3 rings (SSSR count). The highest BCUT2D eigenvalue weighted by molar-refractivity contribution is 5.79. The molecule has 0 aromatic heterocycles. The van der Waals surface area contributed by atoms with Gasteiger partial charge in [0.15, 0.2) is 0 Å². The van der Waals surface area contributed by atoms with Crippen LogP contribution in [0.4, 0.5) is 11.4 Å². The second-order valence-electron chi connectivity index (χ2n) is 4.98. The van der Waals surface area contributed by atoms with Crippen molar-refractivity contribution < 1.29 is 4.92 Å². The van der Waals surface area contributed by atoms with Crippen molar-refractivity contribution in [1.29, 1.82) is 0 Å². The molecule has 3 aromatic carbocycles. The molecule has 0 aliphatic heterocycles. The first kappa shape index (κ1) is 13.8. The molecule has 0 saturated carbocycles. The third kappa shape index (κ3) is 2.67. The molecule has 3 aromatic rings. The average molecular weight is 290 g/mol. The molecule has 0 radical (unpaired) electrons. The Morgan fingerprint density at radius 3 is 2.05 bits per heavy atom. The molecule has 0 bridgehead atoms. The summed E-state index contributed by atoms with van der Waals surface area (Å²) in [4.78, 5) is 11.1. The fourth-order valence-corrected chi connectivity index (χ4v) is 2.40. The molecule has 0 unspecified atom stereocenters. The van der Waals surface area contributed by atoms with E-state index in [9.17, 15) is 10.1 Å². The van der Waals surface area contributed by atoms with E-state index < -0.39 is 0 Å². The van der Waals surface area contributed by atoms with E-state index in [1.165, 1.54) is 0 Å². The van der Waals surface area contributed by atoms with E-state index in [1.54, 1.807) is 36.4 Å². The number of hydrogen-bond acceptors (Lipinski definition) is 3. The van der Waals surface area contributed by atoms with Crippen LogP contribution in [0, 0.1) is 10.1 Å². The molecule has 0 atom stereocenters. The second kappa shape index (κ2) is 5.69. The van der Waals surface area contributed by atoms with Gasteiger partial charge in [-0.15, -0.1) is 0 Å². The zero-order valence-corrected chi connectivity index (χ0v) is 11.8. The van der Waals surface area contributed by atoms with E-state index in [2.05, 4.69) is 0 Å². The monoisotopic (exact) mass is 290 g/mol. The Morgan fingerprint density at radius 2 is 1.41 bits per heavy atom. The molecule has 4 heteroatoms. The van der Waals surface area contributed by atoms with Crippen molar-refractivity contribution in [2.24, 2.45) is 0 Å². The Bertz CT molecular complexity index is 812. The number of anilines is 1. The minimum Gasteiger partial charge on any atom is -0.399 e. The summed E-state index contributed by atoms with van der Waals surface area (Å²) >= 11 is 0. The highest BCUT2D eigenvalue weighted by atomic mass is 16.6.